The Morgan fingerprint density at radius 3 is 2.15 bits per heavy atom. The van der Waals surface area contributed by atoms with E-state index in [-0.39, 0.29) is 11.6 Å². The molecule has 146 valence electrons. The van der Waals surface area contributed by atoms with Crippen molar-refractivity contribution < 1.29 is 35.8 Å². The molecular weight excluding hydrogens is 364 g/mol. The van der Waals surface area contributed by atoms with Crippen LogP contribution in [0, 0.1) is 11.8 Å². The van der Waals surface area contributed by atoms with Crippen LogP contribution in [0.2, 0.25) is 0 Å². The van der Waals surface area contributed by atoms with Crippen molar-refractivity contribution in [1.29, 1.82) is 0 Å². The highest BCUT2D eigenvalue weighted by Crippen LogP contribution is 2.39. The fourth-order valence-electron chi connectivity index (χ4n) is 3.42. The Bertz CT molecular complexity index is 613. The van der Waals surface area contributed by atoms with E-state index in [1.54, 1.807) is 0 Å². The number of hydrogen-bond acceptors (Lipinski definition) is 3. The Hall–Kier alpha value is -1.32. The Labute approximate surface area is 146 Å². The fraction of sp³-hybridized carbons (Fsp3) is 0.647. The molecule has 1 N–H and O–H groups in total. The van der Waals surface area contributed by atoms with Crippen LogP contribution in [0.3, 0.4) is 0 Å². The minimum atomic E-state index is -4.88. The highest BCUT2D eigenvalue weighted by Gasteiger charge is 2.38. The summed E-state index contributed by atoms with van der Waals surface area (Å²) in [5, 5.41) is 3.23. The maximum Gasteiger partial charge on any atom is 0.416 e. The molecule has 9 heteroatoms. The topological polar surface area (TPSA) is 30.5 Å². The smallest absolute Gasteiger partial charge is 0.352 e. The van der Waals surface area contributed by atoms with Gasteiger partial charge in [-0.2, -0.15) is 26.3 Å². The van der Waals surface area contributed by atoms with Gasteiger partial charge in [0, 0.05) is 13.0 Å². The van der Waals surface area contributed by atoms with Gasteiger partial charge >= 0.3 is 12.4 Å². The number of rotatable bonds is 3. The third-order valence-electron chi connectivity index (χ3n) is 4.91. The van der Waals surface area contributed by atoms with E-state index in [4.69, 9.17) is 9.47 Å². The number of nitrogens with one attached hydrogen (secondary N) is 1. The lowest BCUT2D eigenvalue weighted by atomic mass is 9.91. The van der Waals surface area contributed by atoms with E-state index in [0.29, 0.717) is 37.0 Å². The molecule has 3 nitrogen and oxygen atoms in total. The van der Waals surface area contributed by atoms with E-state index >= 15 is 0 Å². The number of benzene rings is 1. The van der Waals surface area contributed by atoms with Crippen molar-refractivity contribution in [2.75, 3.05) is 19.7 Å². The molecule has 2 fully saturated rings. The van der Waals surface area contributed by atoms with Gasteiger partial charge in [-0.1, -0.05) is 0 Å². The SMILES string of the molecule is CC(OC1CC2CNCC2CO1)c1cc(C(F)(F)F)cc(C(F)(F)F)c1. The average Bonchev–Trinajstić information content (AvgIpc) is 3.00. The van der Waals surface area contributed by atoms with Crippen molar-refractivity contribution in [2.45, 2.75) is 38.1 Å². The summed E-state index contributed by atoms with van der Waals surface area (Å²) < 4.78 is 89.0. The quantitative estimate of drug-likeness (QED) is 0.786. The van der Waals surface area contributed by atoms with Gasteiger partial charge in [0.05, 0.1) is 23.8 Å². The maximum atomic E-state index is 13.0. The van der Waals surface area contributed by atoms with Crippen molar-refractivity contribution in [1.82, 2.24) is 5.32 Å². The molecule has 3 rings (SSSR count). The number of ether oxygens (including phenoxy) is 2. The molecule has 4 unspecified atom stereocenters. The minimum Gasteiger partial charge on any atom is -0.352 e. The molecule has 0 saturated carbocycles. The molecule has 1 aromatic rings. The summed E-state index contributed by atoms with van der Waals surface area (Å²) in [7, 11) is 0. The van der Waals surface area contributed by atoms with Crippen molar-refractivity contribution in [2.24, 2.45) is 11.8 Å². The number of fused-ring (bicyclic) bond motifs is 1. The van der Waals surface area contributed by atoms with Crippen LogP contribution in [0.5, 0.6) is 0 Å². The van der Waals surface area contributed by atoms with Gasteiger partial charge < -0.3 is 14.8 Å². The first-order valence-corrected chi connectivity index (χ1v) is 8.31. The Morgan fingerprint density at radius 2 is 1.58 bits per heavy atom. The lowest BCUT2D eigenvalue weighted by molar-refractivity contribution is -0.205. The van der Waals surface area contributed by atoms with Crippen molar-refractivity contribution >= 4 is 0 Å². The molecule has 4 atom stereocenters. The zero-order valence-electron chi connectivity index (χ0n) is 14.0. The van der Waals surface area contributed by atoms with Gasteiger partial charge in [0.1, 0.15) is 0 Å². The molecule has 0 amide bonds. The molecule has 0 radical (unpaired) electrons. The predicted molar refractivity (Wildman–Crippen MR) is 80.2 cm³/mol. The number of hydrogen-bond donors (Lipinski definition) is 1. The van der Waals surface area contributed by atoms with E-state index in [1.165, 1.54) is 6.92 Å². The first-order valence-electron chi connectivity index (χ1n) is 8.31. The summed E-state index contributed by atoms with van der Waals surface area (Å²) in [6.45, 7) is 3.54. The van der Waals surface area contributed by atoms with Gasteiger partial charge in [-0.3, -0.25) is 0 Å². The number of halogens is 6. The van der Waals surface area contributed by atoms with E-state index in [9.17, 15) is 26.3 Å². The molecular formula is C17H19F6NO2. The van der Waals surface area contributed by atoms with Gasteiger partial charge in [-0.15, -0.1) is 0 Å². The second-order valence-corrected chi connectivity index (χ2v) is 6.79. The van der Waals surface area contributed by atoms with Gasteiger partial charge in [-0.05, 0) is 49.1 Å². The second-order valence-electron chi connectivity index (χ2n) is 6.79. The maximum absolute atomic E-state index is 13.0. The monoisotopic (exact) mass is 383 g/mol. The van der Waals surface area contributed by atoms with Gasteiger partial charge in [0.2, 0.25) is 0 Å². The van der Waals surface area contributed by atoms with E-state index in [0.717, 1.165) is 13.1 Å². The van der Waals surface area contributed by atoms with Crippen molar-refractivity contribution in [3.05, 3.63) is 34.9 Å². The zero-order chi connectivity index (χ0) is 19.1. The van der Waals surface area contributed by atoms with Crippen LogP contribution in [0.1, 0.15) is 36.1 Å². The lowest BCUT2D eigenvalue weighted by Gasteiger charge is -2.33. The van der Waals surface area contributed by atoms with Gasteiger partial charge in [0.15, 0.2) is 6.29 Å². The first kappa shape index (κ1) is 19.4. The molecule has 0 aromatic heterocycles. The Kier molecular flexibility index (Phi) is 5.24. The van der Waals surface area contributed by atoms with Crippen LogP contribution in [0.15, 0.2) is 18.2 Å². The largest absolute Gasteiger partial charge is 0.416 e. The standard InChI is InChI=1S/C17H19F6NO2/c1-9(26-15-4-11-6-24-7-12(11)8-25-15)10-2-13(16(18,19)20)5-14(3-10)17(21,22)23/h2-3,5,9,11-12,15,24H,4,6-8H2,1H3. The third kappa shape index (κ3) is 4.32. The highest BCUT2D eigenvalue weighted by molar-refractivity contribution is 5.34. The van der Waals surface area contributed by atoms with Crippen LogP contribution in [0.4, 0.5) is 26.3 Å². The average molecular weight is 383 g/mol. The summed E-state index contributed by atoms with van der Waals surface area (Å²) in [5.74, 6) is 0.712. The van der Waals surface area contributed by atoms with Crippen LogP contribution < -0.4 is 5.32 Å². The lowest BCUT2D eigenvalue weighted by Crippen LogP contribution is -2.34. The molecule has 0 spiro atoms. The summed E-state index contributed by atoms with van der Waals surface area (Å²) >= 11 is 0. The number of alkyl halides is 6. The van der Waals surface area contributed by atoms with Gasteiger partial charge in [0.25, 0.3) is 0 Å². The highest BCUT2D eigenvalue weighted by atomic mass is 19.4. The Balaban J connectivity index is 1.78. The van der Waals surface area contributed by atoms with E-state index < -0.39 is 35.9 Å². The van der Waals surface area contributed by atoms with Crippen LogP contribution >= 0.6 is 0 Å². The minimum absolute atomic E-state index is 0.113. The molecule has 26 heavy (non-hydrogen) atoms. The molecule has 1 aromatic carbocycles. The molecule has 2 aliphatic rings. The summed E-state index contributed by atoms with van der Waals surface area (Å²) in [6.07, 6.45) is -10.8. The van der Waals surface area contributed by atoms with E-state index in [2.05, 4.69) is 5.32 Å². The fourth-order valence-corrected chi connectivity index (χ4v) is 3.42. The van der Waals surface area contributed by atoms with Crippen LogP contribution in [-0.4, -0.2) is 26.0 Å². The van der Waals surface area contributed by atoms with Crippen molar-refractivity contribution in [3.8, 4) is 0 Å². The normalized spacial score (nSPS) is 28.0. The predicted octanol–water partition coefficient (Wildman–Crippen LogP) is 4.38. The summed E-state index contributed by atoms with van der Waals surface area (Å²) in [6, 6.07) is 1.51. The Morgan fingerprint density at radius 1 is 1.00 bits per heavy atom. The molecule has 0 bridgehead atoms. The molecule has 2 aliphatic heterocycles. The van der Waals surface area contributed by atoms with Crippen LogP contribution in [-0.2, 0) is 21.8 Å². The summed E-state index contributed by atoms with van der Waals surface area (Å²) in [4.78, 5) is 0. The van der Waals surface area contributed by atoms with Gasteiger partial charge in [-0.25, -0.2) is 0 Å². The first-order chi connectivity index (χ1) is 12.0. The molecule has 2 saturated heterocycles. The molecule has 2 heterocycles. The van der Waals surface area contributed by atoms with Crippen molar-refractivity contribution in [3.63, 3.8) is 0 Å². The molecule has 0 aliphatic carbocycles. The third-order valence-corrected chi connectivity index (χ3v) is 4.91. The van der Waals surface area contributed by atoms with Crippen LogP contribution in [0.25, 0.3) is 0 Å². The van der Waals surface area contributed by atoms with E-state index in [1.807, 2.05) is 0 Å². The second kappa shape index (κ2) is 7.01. The summed E-state index contributed by atoms with van der Waals surface area (Å²) in [5.41, 5.74) is -2.87. The zero-order valence-corrected chi connectivity index (χ0v) is 14.0.